The van der Waals surface area contributed by atoms with Gasteiger partial charge in [0.05, 0.1) is 22.7 Å². The number of aryl methyl sites for hydroxylation is 2. The summed E-state index contributed by atoms with van der Waals surface area (Å²) >= 11 is 0. The number of benzene rings is 3. The Labute approximate surface area is 189 Å². The molecule has 0 spiro atoms. The molecule has 33 heavy (non-hydrogen) atoms. The van der Waals surface area contributed by atoms with E-state index in [1.807, 2.05) is 55.5 Å². The molecule has 160 valence electrons. The van der Waals surface area contributed by atoms with Crippen LogP contribution in [0, 0.1) is 13.8 Å². The van der Waals surface area contributed by atoms with E-state index in [9.17, 15) is 5.11 Å². The van der Waals surface area contributed by atoms with Gasteiger partial charge in [-0.3, -0.25) is 4.57 Å². The van der Waals surface area contributed by atoms with E-state index in [4.69, 9.17) is 4.74 Å². The number of nitrogens with zero attached hydrogens (tertiary/aromatic N) is 4. The quantitative estimate of drug-likeness (QED) is 0.358. The zero-order valence-corrected chi connectivity index (χ0v) is 18.1. The molecule has 6 nitrogen and oxygen atoms in total. The highest BCUT2D eigenvalue weighted by Gasteiger charge is 2.16. The van der Waals surface area contributed by atoms with Gasteiger partial charge in [0.1, 0.15) is 22.8 Å². The Morgan fingerprint density at radius 2 is 1.73 bits per heavy atom. The van der Waals surface area contributed by atoms with Crippen molar-refractivity contribution >= 4 is 32.8 Å². The van der Waals surface area contributed by atoms with Crippen molar-refractivity contribution in [3.05, 3.63) is 90.3 Å². The second-order valence-corrected chi connectivity index (χ2v) is 8.14. The van der Waals surface area contributed by atoms with E-state index in [0.717, 1.165) is 38.8 Å². The molecular formula is C27H20N4O2. The van der Waals surface area contributed by atoms with Crippen LogP contribution in [0.4, 0.5) is 0 Å². The van der Waals surface area contributed by atoms with Gasteiger partial charge < -0.3 is 9.84 Å². The van der Waals surface area contributed by atoms with Gasteiger partial charge in [0, 0.05) is 23.0 Å². The van der Waals surface area contributed by atoms with Crippen LogP contribution in [0.5, 0.6) is 17.4 Å². The number of ether oxygens (including phenoxy) is 1. The van der Waals surface area contributed by atoms with Crippen LogP contribution in [0.15, 0.2) is 79.1 Å². The Morgan fingerprint density at radius 1 is 0.879 bits per heavy atom. The van der Waals surface area contributed by atoms with Crippen molar-refractivity contribution in [1.29, 1.82) is 0 Å². The van der Waals surface area contributed by atoms with Crippen molar-refractivity contribution in [2.45, 2.75) is 13.8 Å². The zero-order chi connectivity index (χ0) is 22.5. The average molecular weight is 432 g/mol. The smallest absolute Gasteiger partial charge is 0.238 e. The van der Waals surface area contributed by atoms with Crippen LogP contribution in [-0.4, -0.2) is 24.6 Å². The predicted octanol–water partition coefficient (Wildman–Crippen LogP) is 6.24. The minimum absolute atomic E-state index is 0.0878. The number of pyridine rings is 1. The number of rotatable bonds is 3. The lowest BCUT2D eigenvalue weighted by Gasteiger charge is -2.10. The first kappa shape index (κ1) is 19.3. The Morgan fingerprint density at radius 3 is 2.58 bits per heavy atom. The van der Waals surface area contributed by atoms with E-state index in [2.05, 4.69) is 38.6 Å². The number of hydrogen-bond donors (Lipinski definition) is 1. The molecule has 6 heteroatoms. The second kappa shape index (κ2) is 7.31. The summed E-state index contributed by atoms with van der Waals surface area (Å²) in [7, 11) is 0. The molecule has 0 aliphatic heterocycles. The third-order valence-electron chi connectivity index (χ3n) is 5.79. The van der Waals surface area contributed by atoms with Crippen LogP contribution >= 0.6 is 0 Å². The molecule has 6 rings (SSSR count). The highest BCUT2D eigenvalue weighted by Crippen LogP contribution is 2.37. The molecule has 3 aromatic heterocycles. The maximum absolute atomic E-state index is 10.3. The Hall–Kier alpha value is -4.45. The third kappa shape index (κ3) is 3.15. The Balaban J connectivity index is 1.54. The van der Waals surface area contributed by atoms with E-state index in [0.29, 0.717) is 22.7 Å². The van der Waals surface area contributed by atoms with Gasteiger partial charge in [-0.15, -0.1) is 0 Å². The average Bonchev–Trinajstić information content (AvgIpc) is 3.14. The van der Waals surface area contributed by atoms with Gasteiger partial charge in [-0.25, -0.2) is 15.0 Å². The van der Waals surface area contributed by atoms with E-state index >= 15 is 0 Å². The molecular weight excluding hydrogens is 412 g/mol. The lowest BCUT2D eigenvalue weighted by atomic mass is 10.1. The summed E-state index contributed by atoms with van der Waals surface area (Å²) in [4.78, 5) is 13.5. The number of phenolic OH excluding ortho intramolecular Hbond substituents is 1. The molecule has 0 bridgehead atoms. The fourth-order valence-electron chi connectivity index (χ4n) is 4.45. The molecule has 0 atom stereocenters. The summed E-state index contributed by atoms with van der Waals surface area (Å²) in [6.07, 6.45) is 3.37. The molecule has 0 fully saturated rings. The summed E-state index contributed by atoms with van der Waals surface area (Å²) < 4.78 is 8.27. The molecule has 3 heterocycles. The van der Waals surface area contributed by atoms with Crippen LogP contribution in [0.1, 0.15) is 11.1 Å². The minimum atomic E-state index is 0.0878. The summed E-state index contributed by atoms with van der Waals surface area (Å²) in [5, 5.41) is 12.6. The van der Waals surface area contributed by atoms with Crippen LogP contribution in [0.2, 0.25) is 0 Å². The fourth-order valence-corrected chi connectivity index (χ4v) is 4.45. The highest BCUT2D eigenvalue weighted by atomic mass is 16.5. The van der Waals surface area contributed by atoms with Gasteiger partial charge in [-0.1, -0.05) is 24.3 Å². The van der Waals surface area contributed by atoms with Gasteiger partial charge in [0.2, 0.25) is 5.88 Å². The van der Waals surface area contributed by atoms with Crippen molar-refractivity contribution in [2.75, 3.05) is 0 Å². The molecule has 6 aromatic rings. The fraction of sp³-hybridized carbons (Fsp3) is 0.0741. The third-order valence-corrected chi connectivity index (χ3v) is 5.79. The first-order chi connectivity index (χ1) is 16.1. The summed E-state index contributed by atoms with van der Waals surface area (Å²) in [5.41, 5.74) is 5.13. The number of fused-ring (bicyclic) bond motifs is 4. The molecule has 0 amide bonds. The first-order valence-electron chi connectivity index (χ1n) is 10.7. The molecule has 0 aliphatic rings. The maximum atomic E-state index is 10.3. The normalized spacial score (nSPS) is 11.5. The van der Waals surface area contributed by atoms with Gasteiger partial charge in [-0.2, -0.15) is 0 Å². The largest absolute Gasteiger partial charge is 0.506 e. The van der Waals surface area contributed by atoms with Crippen molar-refractivity contribution in [2.24, 2.45) is 0 Å². The van der Waals surface area contributed by atoms with Crippen LogP contribution in [0.25, 0.3) is 38.7 Å². The maximum Gasteiger partial charge on any atom is 0.238 e. The van der Waals surface area contributed by atoms with E-state index in [-0.39, 0.29) is 5.75 Å². The molecule has 0 saturated heterocycles. The summed E-state index contributed by atoms with van der Waals surface area (Å²) in [6.45, 7) is 3.98. The Bertz CT molecular complexity index is 1670. The number of hydrogen-bond acceptors (Lipinski definition) is 5. The lowest BCUT2D eigenvalue weighted by Crippen LogP contribution is -1.97. The van der Waals surface area contributed by atoms with Crippen LogP contribution in [0.3, 0.4) is 0 Å². The van der Waals surface area contributed by atoms with E-state index in [1.165, 1.54) is 0 Å². The monoisotopic (exact) mass is 432 g/mol. The number of aromatic nitrogens is 4. The topological polar surface area (TPSA) is 73.1 Å². The highest BCUT2D eigenvalue weighted by molar-refractivity contribution is 6.11. The van der Waals surface area contributed by atoms with Gasteiger partial charge >= 0.3 is 0 Å². The van der Waals surface area contributed by atoms with Crippen molar-refractivity contribution in [3.8, 4) is 23.2 Å². The standard InChI is InChI=1S/C27H20N4O2/c1-16-11-20-27(23(32)12-16)30-25(15-29-20)33-18-13-17(2)26-19-7-3-4-8-21(19)31(22(26)14-18)24-9-5-6-10-28-24/h3-15,32H,1-2H3. The van der Waals surface area contributed by atoms with Gasteiger partial charge in [0.25, 0.3) is 0 Å². The predicted molar refractivity (Wildman–Crippen MR) is 129 cm³/mol. The molecule has 3 aromatic carbocycles. The zero-order valence-electron chi connectivity index (χ0n) is 18.1. The van der Waals surface area contributed by atoms with Crippen molar-refractivity contribution in [1.82, 2.24) is 19.5 Å². The molecule has 0 unspecified atom stereocenters. The van der Waals surface area contributed by atoms with E-state index in [1.54, 1.807) is 18.5 Å². The number of para-hydroxylation sites is 1. The van der Waals surface area contributed by atoms with Crippen molar-refractivity contribution in [3.63, 3.8) is 0 Å². The molecule has 1 N–H and O–H groups in total. The number of aromatic hydroxyl groups is 1. The van der Waals surface area contributed by atoms with Crippen LogP contribution in [-0.2, 0) is 0 Å². The molecule has 0 aliphatic carbocycles. The summed E-state index contributed by atoms with van der Waals surface area (Å²) in [6, 6.07) is 21.7. The van der Waals surface area contributed by atoms with Gasteiger partial charge in [-0.05, 0) is 61.4 Å². The Kier molecular flexibility index (Phi) is 4.26. The lowest BCUT2D eigenvalue weighted by molar-refractivity contribution is 0.457. The van der Waals surface area contributed by atoms with Crippen molar-refractivity contribution < 1.29 is 9.84 Å². The first-order valence-corrected chi connectivity index (χ1v) is 10.7. The second-order valence-electron chi connectivity index (χ2n) is 8.14. The number of phenols is 1. The SMILES string of the molecule is Cc1cc(O)c2nc(Oc3cc(C)c4c5ccccc5n(-c5ccccn5)c4c3)cnc2c1. The summed E-state index contributed by atoms with van der Waals surface area (Å²) in [5.74, 6) is 1.89. The van der Waals surface area contributed by atoms with Gasteiger partial charge in [0.15, 0.2) is 0 Å². The van der Waals surface area contributed by atoms with Crippen LogP contribution < -0.4 is 4.74 Å². The molecule has 0 saturated carbocycles. The van der Waals surface area contributed by atoms with E-state index < -0.39 is 0 Å². The molecule has 0 radical (unpaired) electrons. The minimum Gasteiger partial charge on any atom is -0.506 e.